The summed E-state index contributed by atoms with van der Waals surface area (Å²) in [6, 6.07) is 19.3. The smallest absolute Gasteiger partial charge is 0.126 e. The van der Waals surface area contributed by atoms with Crippen molar-refractivity contribution in [1.82, 2.24) is 9.55 Å². The Labute approximate surface area is 148 Å². The van der Waals surface area contributed by atoms with Crippen LogP contribution in [0.5, 0.6) is 0 Å². The first-order valence-corrected chi connectivity index (χ1v) is 8.74. The van der Waals surface area contributed by atoms with Crippen molar-refractivity contribution in [3.8, 4) is 0 Å². The van der Waals surface area contributed by atoms with Gasteiger partial charge in [-0.05, 0) is 60.4 Å². The topological polar surface area (TPSA) is 43.8 Å². The lowest BCUT2D eigenvalue weighted by Crippen LogP contribution is -2.14. The van der Waals surface area contributed by atoms with Crippen molar-refractivity contribution in [3.05, 3.63) is 77.1 Å². The lowest BCUT2D eigenvalue weighted by molar-refractivity contribution is 0.665. The normalized spacial score (nSPS) is 12.8. The zero-order chi connectivity index (χ0) is 17.6. The molecule has 0 aliphatic carbocycles. The van der Waals surface area contributed by atoms with E-state index in [1.807, 2.05) is 6.92 Å². The predicted octanol–water partition coefficient (Wildman–Crippen LogP) is 4.87. The SMILES string of the molecule is Cc1cc2nc(C(C)N)n(Cc3cccc4ccccc34)c2cc1C. The van der Waals surface area contributed by atoms with Crippen molar-refractivity contribution in [3.63, 3.8) is 0 Å². The van der Waals surface area contributed by atoms with Crippen LogP contribution in [-0.4, -0.2) is 9.55 Å². The molecule has 25 heavy (non-hydrogen) atoms. The van der Waals surface area contributed by atoms with Gasteiger partial charge in [0.15, 0.2) is 0 Å². The van der Waals surface area contributed by atoms with E-state index in [0.29, 0.717) is 0 Å². The van der Waals surface area contributed by atoms with Gasteiger partial charge in [-0.2, -0.15) is 0 Å². The Kier molecular flexibility index (Phi) is 3.81. The van der Waals surface area contributed by atoms with E-state index >= 15 is 0 Å². The molecule has 0 saturated heterocycles. The van der Waals surface area contributed by atoms with Gasteiger partial charge in [-0.25, -0.2) is 4.98 Å². The molecule has 0 fully saturated rings. The van der Waals surface area contributed by atoms with Gasteiger partial charge in [-0.3, -0.25) is 0 Å². The highest BCUT2D eigenvalue weighted by atomic mass is 15.1. The van der Waals surface area contributed by atoms with E-state index in [1.165, 1.54) is 27.5 Å². The number of imidazole rings is 1. The zero-order valence-electron chi connectivity index (χ0n) is 15.0. The molecule has 1 heterocycles. The molecule has 1 aromatic heterocycles. The molecule has 0 amide bonds. The Morgan fingerprint density at radius 1 is 1.00 bits per heavy atom. The summed E-state index contributed by atoms with van der Waals surface area (Å²) in [7, 11) is 0. The van der Waals surface area contributed by atoms with E-state index in [4.69, 9.17) is 10.7 Å². The van der Waals surface area contributed by atoms with Crippen LogP contribution in [0.2, 0.25) is 0 Å². The minimum atomic E-state index is -0.108. The third kappa shape index (κ3) is 2.71. The highest BCUT2D eigenvalue weighted by Gasteiger charge is 2.16. The van der Waals surface area contributed by atoms with Crippen LogP contribution in [0.4, 0.5) is 0 Å². The van der Waals surface area contributed by atoms with Gasteiger partial charge in [-0.1, -0.05) is 42.5 Å². The summed E-state index contributed by atoms with van der Waals surface area (Å²) < 4.78 is 2.27. The minimum absolute atomic E-state index is 0.108. The van der Waals surface area contributed by atoms with Crippen molar-refractivity contribution in [1.29, 1.82) is 0 Å². The maximum absolute atomic E-state index is 6.24. The van der Waals surface area contributed by atoms with E-state index in [1.54, 1.807) is 0 Å². The van der Waals surface area contributed by atoms with Crippen LogP contribution in [0.25, 0.3) is 21.8 Å². The summed E-state index contributed by atoms with van der Waals surface area (Å²) >= 11 is 0. The van der Waals surface area contributed by atoms with Gasteiger partial charge < -0.3 is 10.3 Å². The van der Waals surface area contributed by atoms with E-state index in [2.05, 4.69) is 73.0 Å². The third-order valence-electron chi connectivity index (χ3n) is 5.01. The maximum atomic E-state index is 6.24. The predicted molar refractivity (Wildman–Crippen MR) is 105 cm³/mol. The molecular weight excluding hydrogens is 306 g/mol. The van der Waals surface area contributed by atoms with Crippen LogP contribution in [-0.2, 0) is 6.54 Å². The average molecular weight is 329 g/mol. The molecule has 4 aromatic rings. The molecule has 4 rings (SSSR count). The van der Waals surface area contributed by atoms with Crippen molar-refractivity contribution in [2.24, 2.45) is 5.73 Å². The maximum Gasteiger partial charge on any atom is 0.126 e. The van der Waals surface area contributed by atoms with Crippen LogP contribution in [0.1, 0.15) is 35.5 Å². The molecule has 0 aliphatic rings. The standard InChI is InChI=1S/C22H23N3/c1-14-11-20-21(12-15(14)2)25(22(24-20)16(3)23)13-18-9-6-8-17-7-4-5-10-19(17)18/h4-12,16H,13,23H2,1-3H3. The van der Waals surface area contributed by atoms with Crippen LogP contribution >= 0.6 is 0 Å². The molecule has 1 unspecified atom stereocenters. The summed E-state index contributed by atoms with van der Waals surface area (Å²) in [5.41, 5.74) is 12.2. The van der Waals surface area contributed by atoms with Crippen molar-refractivity contribution < 1.29 is 0 Å². The Morgan fingerprint density at radius 3 is 2.52 bits per heavy atom. The molecule has 0 spiro atoms. The van der Waals surface area contributed by atoms with Crippen LogP contribution in [0.3, 0.4) is 0 Å². The largest absolute Gasteiger partial charge is 0.322 e. The van der Waals surface area contributed by atoms with Gasteiger partial charge in [0.1, 0.15) is 5.82 Å². The molecule has 3 aromatic carbocycles. The Morgan fingerprint density at radius 2 is 1.72 bits per heavy atom. The Hall–Kier alpha value is -2.65. The lowest BCUT2D eigenvalue weighted by Gasteiger charge is -2.14. The van der Waals surface area contributed by atoms with Gasteiger partial charge in [0.2, 0.25) is 0 Å². The molecule has 2 N–H and O–H groups in total. The molecule has 1 atom stereocenters. The quantitative estimate of drug-likeness (QED) is 0.582. The number of nitrogens with zero attached hydrogens (tertiary/aromatic N) is 2. The van der Waals surface area contributed by atoms with E-state index in [0.717, 1.165) is 23.4 Å². The van der Waals surface area contributed by atoms with E-state index in [9.17, 15) is 0 Å². The molecule has 0 aliphatic heterocycles. The highest BCUT2D eigenvalue weighted by Crippen LogP contribution is 2.26. The molecule has 3 nitrogen and oxygen atoms in total. The lowest BCUT2D eigenvalue weighted by atomic mass is 10.0. The summed E-state index contributed by atoms with van der Waals surface area (Å²) in [5, 5.41) is 2.55. The second-order valence-corrected chi connectivity index (χ2v) is 6.91. The van der Waals surface area contributed by atoms with Gasteiger partial charge in [0, 0.05) is 0 Å². The first-order chi connectivity index (χ1) is 12.0. The molecule has 0 radical (unpaired) electrons. The summed E-state index contributed by atoms with van der Waals surface area (Å²) in [5.74, 6) is 0.938. The number of aryl methyl sites for hydroxylation is 2. The molecule has 3 heteroatoms. The molecule has 0 saturated carbocycles. The Bertz CT molecular complexity index is 1070. The van der Waals surface area contributed by atoms with E-state index < -0.39 is 0 Å². The number of aromatic nitrogens is 2. The monoisotopic (exact) mass is 329 g/mol. The Balaban J connectivity index is 1.93. The van der Waals surface area contributed by atoms with Crippen molar-refractivity contribution in [2.75, 3.05) is 0 Å². The van der Waals surface area contributed by atoms with Crippen molar-refractivity contribution >= 4 is 21.8 Å². The summed E-state index contributed by atoms with van der Waals surface area (Å²) in [6.45, 7) is 7.05. The molecule has 0 bridgehead atoms. The van der Waals surface area contributed by atoms with Crippen LogP contribution < -0.4 is 5.73 Å². The van der Waals surface area contributed by atoms with Gasteiger partial charge >= 0.3 is 0 Å². The average Bonchev–Trinajstić information content (AvgIpc) is 2.94. The number of fused-ring (bicyclic) bond motifs is 2. The van der Waals surface area contributed by atoms with Gasteiger partial charge in [-0.15, -0.1) is 0 Å². The molecular formula is C22H23N3. The van der Waals surface area contributed by atoms with Crippen molar-refractivity contribution in [2.45, 2.75) is 33.4 Å². The van der Waals surface area contributed by atoms with E-state index in [-0.39, 0.29) is 6.04 Å². The second kappa shape index (κ2) is 6.01. The third-order valence-corrected chi connectivity index (χ3v) is 5.01. The molecule has 126 valence electrons. The highest BCUT2D eigenvalue weighted by molar-refractivity contribution is 5.86. The summed E-state index contributed by atoms with van der Waals surface area (Å²) in [4.78, 5) is 4.83. The first-order valence-electron chi connectivity index (χ1n) is 8.74. The fourth-order valence-electron chi connectivity index (χ4n) is 3.51. The van der Waals surface area contributed by atoms with Gasteiger partial charge in [0.25, 0.3) is 0 Å². The van der Waals surface area contributed by atoms with Gasteiger partial charge in [0.05, 0.1) is 23.6 Å². The first kappa shape index (κ1) is 15.9. The van der Waals surface area contributed by atoms with Crippen LogP contribution in [0.15, 0.2) is 54.6 Å². The summed E-state index contributed by atoms with van der Waals surface area (Å²) in [6.07, 6.45) is 0. The fourth-order valence-corrected chi connectivity index (χ4v) is 3.51. The second-order valence-electron chi connectivity index (χ2n) is 6.91. The number of hydrogen-bond acceptors (Lipinski definition) is 2. The number of benzene rings is 3. The number of rotatable bonds is 3. The zero-order valence-corrected chi connectivity index (χ0v) is 15.0. The van der Waals surface area contributed by atoms with Crippen LogP contribution in [0, 0.1) is 13.8 Å². The number of nitrogens with two attached hydrogens (primary N) is 1. The minimum Gasteiger partial charge on any atom is -0.322 e. The number of hydrogen-bond donors (Lipinski definition) is 1. The fraction of sp³-hybridized carbons (Fsp3) is 0.227.